The number of rotatable bonds is 20. The van der Waals surface area contributed by atoms with E-state index < -0.39 is 46.2 Å². The fourth-order valence-electron chi connectivity index (χ4n) is 9.95. The van der Waals surface area contributed by atoms with Gasteiger partial charge in [0.15, 0.2) is 22.3 Å². The van der Waals surface area contributed by atoms with E-state index in [1.54, 1.807) is 42.8 Å². The molecule has 2 aromatic heterocycles. The number of ether oxygens (including phenoxy) is 2. The van der Waals surface area contributed by atoms with Crippen LogP contribution in [-0.4, -0.2) is 68.7 Å². The zero-order valence-corrected chi connectivity index (χ0v) is 45.1. The summed E-state index contributed by atoms with van der Waals surface area (Å²) in [6, 6.07) is 66.4. The molecule has 0 unspecified atom stereocenters. The minimum Gasteiger partial charge on any atom is -0.497 e. The maximum atomic E-state index is 15.4. The van der Waals surface area contributed by atoms with E-state index in [1.807, 2.05) is 146 Å². The Morgan fingerprint density at radius 3 is 1.73 bits per heavy atom. The van der Waals surface area contributed by atoms with Crippen molar-refractivity contribution in [2.45, 2.75) is 29.2 Å². The number of β-lactam (4-membered cyclic amide) rings is 1. The van der Waals surface area contributed by atoms with Crippen LogP contribution in [0.15, 0.2) is 245 Å². The molecule has 81 heavy (non-hydrogen) atoms. The Bertz CT molecular complexity index is 3590. The lowest BCUT2D eigenvalue weighted by atomic mass is 9.77. The number of nitrogens with zero attached hydrogens (tertiary/aromatic N) is 4. The Morgan fingerprint density at radius 1 is 0.716 bits per heavy atom. The molecule has 4 N–H and O–H groups in total. The number of thiazole rings is 1. The van der Waals surface area contributed by atoms with Gasteiger partial charge in [-0.2, -0.15) is 0 Å². The molecule has 0 radical (unpaired) electrons. The smallest absolute Gasteiger partial charge is 0.355 e. The minimum atomic E-state index is -1.40. The Kier molecular flexibility index (Phi) is 15.5. The van der Waals surface area contributed by atoms with E-state index in [0.29, 0.717) is 22.0 Å². The van der Waals surface area contributed by atoms with Crippen LogP contribution in [0.2, 0.25) is 0 Å². The lowest BCUT2D eigenvalue weighted by Crippen LogP contribution is -2.71. The zero-order chi connectivity index (χ0) is 55.8. The van der Waals surface area contributed by atoms with E-state index in [2.05, 4.69) is 52.2 Å². The van der Waals surface area contributed by atoms with Gasteiger partial charge in [-0.05, 0) is 46.0 Å². The normalized spacial score (nSPS) is 15.3. The predicted octanol–water partition coefficient (Wildman–Crippen LogP) is 10.5. The Balaban J connectivity index is 0.979. The number of oxime groups is 1. The lowest BCUT2D eigenvalue weighted by molar-refractivity contribution is -0.153. The molecule has 1 saturated heterocycles. The molecule has 11 rings (SSSR count). The first-order chi connectivity index (χ1) is 39.7. The number of fused-ring (bicyclic) bond motifs is 1. The van der Waals surface area contributed by atoms with Gasteiger partial charge in [0.2, 0.25) is 5.60 Å². The number of nitrogens with one attached hydrogen (secondary N) is 2. The molecule has 17 heteroatoms. The average Bonchev–Trinajstić information content (AvgIpc) is 4.28. The molecule has 9 aromatic rings. The van der Waals surface area contributed by atoms with Crippen LogP contribution in [0, 0.1) is 0 Å². The van der Waals surface area contributed by atoms with Crippen LogP contribution in [0.5, 0.6) is 5.75 Å². The van der Waals surface area contributed by atoms with E-state index in [4.69, 9.17) is 34.7 Å². The largest absolute Gasteiger partial charge is 0.497 e. The Morgan fingerprint density at radius 2 is 1.23 bits per heavy atom. The first-order valence-corrected chi connectivity index (χ1v) is 27.7. The van der Waals surface area contributed by atoms with Gasteiger partial charge < -0.3 is 35.2 Å². The number of hydrogen-bond donors (Lipinski definition) is 3. The van der Waals surface area contributed by atoms with E-state index in [1.165, 1.54) is 40.1 Å². The quantitative estimate of drug-likeness (QED) is 0.0215. The van der Waals surface area contributed by atoms with Crippen LogP contribution >= 0.6 is 23.1 Å². The molecule has 3 amide bonds. The van der Waals surface area contributed by atoms with Crippen LogP contribution < -0.4 is 21.1 Å². The maximum absolute atomic E-state index is 15.4. The molecule has 4 heterocycles. The average molecular weight is 1110 g/mol. The summed E-state index contributed by atoms with van der Waals surface area (Å²) in [5, 5.41) is 16.8. The van der Waals surface area contributed by atoms with Crippen molar-refractivity contribution in [3.05, 3.63) is 291 Å². The zero-order valence-electron chi connectivity index (χ0n) is 43.5. The molecule has 0 aliphatic carbocycles. The second kappa shape index (κ2) is 23.6. The van der Waals surface area contributed by atoms with Crippen molar-refractivity contribution in [3.8, 4) is 5.75 Å². The number of thioether (sulfide) groups is 1. The van der Waals surface area contributed by atoms with Crippen molar-refractivity contribution in [2.24, 2.45) is 10.9 Å². The van der Waals surface area contributed by atoms with Crippen LogP contribution in [0.1, 0.15) is 60.9 Å². The van der Waals surface area contributed by atoms with Gasteiger partial charge in [0, 0.05) is 33.9 Å². The van der Waals surface area contributed by atoms with Gasteiger partial charge in [-0.25, -0.2) is 9.78 Å². The molecule has 1 fully saturated rings. The van der Waals surface area contributed by atoms with Crippen molar-refractivity contribution >= 4 is 63.7 Å². The highest BCUT2D eigenvalue weighted by molar-refractivity contribution is 8.00. The fourth-order valence-corrected chi connectivity index (χ4v) is 12.0. The number of benzene rings is 7. The van der Waals surface area contributed by atoms with Gasteiger partial charge in [-0.15, -0.1) is 23.1 Å². The molecule has 2 aliphatic rings. The van der Waals surface area contributed by atoms with Crippen molar-refractivity contribution in [3.63, 3.8) is 0 Å². The van der Waals surface area contributed by atoms with E-state index in [0.717, 1.165) is 33.4 Å². The number of esters is 1. The number of hydrogen-bond acceptors (Lipinski definition) is 14. The van der Waals surface area contributed by atoms with Crippen molar-refractivity contribution in [2.75, 3.05) is 18.2 Å². The third-order valence-electron chi connectivity index (χ3n) is 13.9. The summed E-state index contributed by atoms with van der Waals surface area (Å²) in [4.78, 5) is 69.7. The first-order valence-electron chi connectivity index (χ1n) is 25.7. The second-order valence-corrected chi connectivity index (χ2v) is 20.8. The molecule has 7 aromatic carbocycles. The molecule has 0 spiro atoms. The summed E-state index contributed by atoms with van der Waals surface area (Å²) < 4.78 is 16.4. The highest BCUT2D eigenvalue weighted by Gasteiger charge is 2.55. The van der Waals surface area contributed by atoms with Gasteiger partial charge in [0.05, 0.1) is 7.11 Å². The van der Waals surface area contributed by atoms with Crippen molar-refractivity contribution < 1.29 is 38.0 Å². The molecule has 2 atom stereocenters. The summed E-state index contributed by atoms with van der Waals surface area (Å²) in [5.41, 5.74) is 8.99. The summed E-state index contributed by atoms with van der Waals surface area (Å²) >= 11 is 2.60. The number of carbonyl (C=O) groups excluding carboxylic acids is 4. The maximum Gasteiger partial charge on any atom is 0.355 e. The SMILES string of the molecule is COc1ccc(COC(=O)C2=C(/C=C\c3cc(C(N)=O)no3)CS[C@@H]3[C@H](NC(=O)/C(=N\OC(c4ccccc4)(c4ccccc4)c4ccccc4)c4csc(NC(c5ccccc5)(c5ccccc5)c5ccccc5)n4)C(=O)N23)cc1. The van der Waals surface area contributed by atoms with Crippen molar-refractivity contribution in [1.82, 2.24) is 20.4 Å². The van der Waals surface area contributed by atoms with E-state index >= 15 is 4.79 Å². The topological polar surface area (TPSA) is 201 Å². The van der Waals surface area contributed by atoms with Gasteiger partial charge in [-0.3, -0.25) is 19.3 Å². The number of anilines is 1. The van der Waals surface area contributed by atoms with Crippen LogP contribution in [-0.2, 0) is 41.7 Å². The fraction of sp³-hybridized carbons (Fsp3) is 0.109. The number of methoxy groups -OCH3 is 1. The summed E-state index contributed by atoms with van der Waals surface area (Å²) in [5.74, 6) is -1.88. The number of allylic oxidation sites excluding steroid dienone is 1. The molecule has 0 bridgehead atoms. The third-order valence-corrected chi connectivity index (χ3v) is 16.0. The van der Waals surface area contributed by atoms with Gasteiger partial charge in [0.25, 0.3) is 17.7 Å². The van der Waals surface area contributed by atoms with Gasteiger partial charge in [0.1, 0.15) is 40.7 Å². The Hall–Kier alpha value is -9.84. The molecule has 2 aliphatic heterocycles. The number of primary amides is 1. The van der Waals surface area contributed by atoms with Crippen molar-refractivity contribution in [1.29, 1.82) is 0 Å². The van der Waals surface area contributed by atoms with Crippen LogP contribution in [0.25, 0.3) is 6.08 Å². The third kappa shape index (κ3) is 10.7. The standard InChI is InChI=1S/C64H51N7O8S2/c1-76-50-35-32-42(33-36-50)39-77-61(75)56-43(34-37-51-38-52(57(65)72)69-78-51)40-80-60-55(59(74)71(56)60)67-58(73)54(70-79-64(47-26-14-5-15-27-47,48-28-16-6-17-29-48)49-30-18-7-19-31-49)53-41-81-62(66-53)68-63(44-20-8-2-9-21-44,45-22-10-3-11-23-45)46-24-12-4-13-25-46/h2-38,41,55,60H,39-40H2,1H3,(H2,65,72)(H,66,68)(H,67,73)/b37-34-,70-54-/t55-,60-/m1/s1. The first kappa shape index (κ1) is 53.2. The summed E-state index contributed by atoms with van der Waals surface area (Å²) in [7, 11) is 1.56. The number of carbonyl (C=O) groups is 4. The molecule has 15 nitrogen and oxygen atoms in total. The van der Waals surface area contributed by atoms with Crippen LogP contribution in [0.4, 0.5) is 5.13 Å². The molecule has 0 saturated carbocycles. The second-order valence-electron chi connectivity index (χ2n) is 18.8. The highest BCUT2D eigenvalue weighted by Crippen LogP contribution is 2.44. The molecule has 402 valence electrons. The lowest BCUT2D eigenvalue weighted by Gasteiger charge is -2.49. The predicted molar refractivity (Wildman–Crippen MR) is 311 cm³/mol. The summed E-state index contributed by atoms with van der Waals surface area (Å²) in [6.45, 7) is -0.114. The van der Waals surface area contributed by atoms with E-state index in [-0.39, 0.29) is 40.9 Å². The number of aromatic nitrogens is 2. The number of amides is 3. The highest BCUT2D eigenvalue weighted by atomic mass is 32.2. The van der Waals surface area contributed by atoms with E-state index in [9.17, 15) is 14.4 Å². The van der Waals surface area contributed by atoms with Crippen LogP contribution in [0.3, 0.4) is 0 Å². The van der Waals surface area contributed by atoms with Gasteiger partial charge >= 0.3 is 5.97 Å². The Labute approximate surface area is 474 Å². The molecular formula is C64H51N7O8S2. The minimum absolute atomic E-state index is 0.0295. The monoisotopic (exact) mass is 1110 g/mol. The number of nitrogens with two attached hydrogens (primary N) is 1. The summed E-state index contributed by atoms with van der Waals surface area (Å²) in [6.07, 6.45) is 3.10. The molecular weight excluding hydrogens is 1060 g/mol. The van der Waals surface area contributed by atoms with Gasteiger partial charge in [-0.1, -0.05) is 211 Å².